The molecule has 0 aliphatic carbocycles. The van der Waals surface area contributed by atoms with Crippen molar-refractivity contribution < 1.29 is 9.84 Å². The second-order valence-electron chi connectivity index (χ2n) is 5.21. The van der Waals surface area contributed by atoms with Crippen LogP contribution in [0.1, 0.15) is 44.8 Å². The number of piperidine rings is 1. The van der Waals surface area contributed by atoms with Gasteiger partial charge in [0.2, 0.25) is 0 Å². The van der Waals surface area contributed by atoms with E-state index in [4.69, 9.17) is 4.74 Å². The highest BCUT2D eigenvalue weighted by atomic mass is 16.5. The van der Waals surface area contributed by atoms with Gasteiger partial charge in [0.15, 0.2) is 0 Å². The highest BCUT2D eigenvalue weighted by Crippen LogP contribution is 2.21. The van der Waals surface area contributed by atoms with E-state index < -0.39 is 6.10 Å². The average molecular weight is 264 g/mol. The van der Waals surface area contributed by atoms with E-state index in [-0.39, 0.29) is 0 Å². The maximum Gasteiger partial charge on any atom is 0.128 e. The van der Waals surface area contributed by atoms with Crippen molar-refractivity contribution in [2.24, 2.45) is 0 Å². The molecule has 2 rings (SSSR count). The average Bonchev–Trinajstić information content (AvgIpc) is 2.45. The van der Waals surface area contributed by atoms with Gasteiger partial charge < -0.3 is 14.7 Å². The minimum atomic E-state index is -0.455. The molecule has 1 aliphatic heterocycles. The molecule has 0 amide bonds. The van der Waals surface area contributed by atoms with E-state index in [9.17, 15) is 5.11 Å². The van der Waals surface area contributed by atoms with Gasteiger partial charge in [-0.1, -0.05) is 13.0 Å². The van der Waals surface area contributed by atoms with Crippen LogP contribution in [0.25, 0.3) is 0 Å². The topological polar surface area (TPSA) is 45.6 Å². The molecule has 19 heavy (non-hydrogen) atoms. The van der Waals surface area contributed by atoms with Gasteiger partial charge in [0.05, 0.1) is 12.2 Å². The molecule has 0 aromatic carbocycles. The molecule has 4 heteroatoms. The van der Waals surface area contributed by atoms with Crippen LogP contribution >= 0.6 is 0 Å². The first-order valence-electron chi connectivity index (χ1n) is 7.21. The molecule has 0 spiro atoms. The lowest BCUT2D eigenvalue weighted by Gasteiger charge is -2.33. The minimum Gasteiger partial charge on any atom is -0.389 e. The molecule has 4 nitrogen and oxygen atoms in total. The molecule has 2 unspecified atom stereocenters. The largest absolute Gasteiger partial charge is 0.389 e. The normalized spacial score (nSPS) is 21.4. The molecule has 1 aromatic heterocycles. The number of aliphatic hydroxyl groups is 1. The SMILES string of the molecule is CCCOC1CCCN(c2ccc(C(C)O)cn2)C1. The van der Waals surface area contributed by atoms with Crippen molar-refractivity contribution in [2.45, 2.75) is 45.3 Å². The van der Waals surface area contributed by atoms with Gasteiger partial charge in [-0.25, -0.2) is 4.98 Å². The van der Waals surface area contributed by atoms with Crippen molar-refractivity contribution in [3.05, 3.63) is 23.9 Å². The molecule has 0 radical (unpaired) electrons. The third-order valence-electron chi connectivity index (χ3n) is 3.51. The Hall–Kier alpha value is -1.13. The quantitative estimate of drug-likeness (QED) is 0.887. The van der Waals surface area contributed by atoms with E-state index in [1.165, 1.54) is 0 Å². The van der Waals surface area contributed by atoms with Gasteiger partial charge in [-0.05, 0) is 37.8 Å². The van der Waals surface area contributed by atoms with Gasteiger partial charge in [0, 0.05) is 25.9 Å². The first kappa shape index (κ1) is 14.3. The zero-order valence-electron chi connectivity index (χ0n) is 11.9. The van der Waals surface area contributed by atoms with E-state index in [2.05, 4.69) is 16.8 Å². The lowest BCUT2D eigenvalue weighted by Crippen LogP contribution is -2.40. The van der Waals surface area contributed by atoms with Gasteiger partial charge in [-0.3, -0.25) is 0 Å². The Balaban J connectivity index is 1.96. The standard InChI is InChI=1S/C15H24N2O2/c1-3-9-19-14-5-4-8-17(11-14)15-7-6-13(10-16-15)12(2)18/h6-7,10,12,14,18H,3-5,8-9,11H2,1-2H3. The smallest absolute Gasteiger partial charge is 0.128 e. The number of hydrogen-bond donors (Lipinski definition) is 1. The van der Waals surface area contributed by atoms with Gasteiger partial charge in [-0.15, -0.1) is 0 Å². The molecule has 2 atom stereocenters. The Kier molecular flexibility index (Phi) is 5.16. The fourth-order valence-electron chi connectivity index (χ4n) is 2.40. The summed E-state index contributed by atoms with van der Waals surface area (Å²) in [5, 5.41) is 9.49. The summed E-state index contributed by atoms with van der Waals surface area (Å²) in [5.41, 5.74) is 0.861. The predicted molar refractivity (Wildman–Crippen MR) is 76.3 cm³/mol. The molecule has 1 aliphatic rings. The fraction of sp³-hybridized carbons (Fsp3) is 0.667. The Bertz CT molecular complexity index is 378. The molecular formula is C15H24N2O2. The fourth-order valence-corrected chi connectivity index (χ4v) is 2.40. The van der Waals surface area contributed by atoms with Crippen LogP contribution in [0.5, 0.6) is 0 Å². The summed E-state index contributed by atoms with van der Waals surface area (Å²) < 4.78 is 5.84. The van der Waals surface area contributed by atoms with Crippen molar-refractivity contribution in [3.8, 4) is 0 Å². The van der Waals surface area contributed by atoms with Gasteiger partial charge in [-0.2, -0.15) is 0 Å². The Labute approximate surface area is 115 Å². The van der Waals surface area contributed by atoms with E-state index in [0.717, 1.165) is 50.3 Å². The van der Waals surface area contributed by atoms with Crippen LogP contribution in [0.3, 0.4) is 0 Å². The molecule has 1 N–H and O–H groups in total. The second-order valence-corrected chi connectivity index (χ2v) is 5.21. The van der Waals surface area contributed by atoms with Crippen molar-refractivity contribution in [2.75, 3.05) is 24.6 Å². The highest BCUT2D eigenvalue weighted by Gasteiger charge is 2.21. The Morgan fingerprint density at radius 1 is 1.53 bits per heavy atom. The predicted octanol–water partition coefficient (Wildman–Crippen LogP) is 2.53. The first-order valence-corrected chi connectivity index (χ1v) is 7.21. The Morgan fingerprint density at radius 3 is 3.00 bits per heavy atom. The van der Waals surface area contributed by atoms with Crippen molar-refractivity contribution in [3.63, 3.8) is 0 Å². The highest BCUT2D eigenvalue weighted by molar-refractivity contribution is 5.40. The first-order chi connectivity index (χ1) is 9.20. The van der Waals surface area contributed by atoms with Crippen LogP contribution in [0.15, 0.2) is 18.3 Å². The number of nitrogens with zero attached hydrogens (tertiary/aromatic N) is 2. The Morgan fingerprint density at radius 2 is 2.37 bits per heavy atom. The maximum atomic E-state index is 9.49. The molecule has 1 saturated heterocycles. The van der Waals surface area contributed by atoms with Crippen LogP contribution in [0.4, 0.5) is 5.82 Å². The summed E-state index contributed by atoms with van der Waals surface area (Å²) in [5.74, 6) is 0.981. The summed E-state index contributed by atoms with van der Waals surface area (Å²) in [6, 6.07) is 3.94. The third-order valence-corrected chi connectivity index (χ3v) is 3.51. The second kappa shape index (κ2) is 6.87. The minimum absolute atomic E-state index is 0.326. The van der Waals surface area contributed by atoms with E-state index in [0.29, 0.717) is 6.10 Å². The number of aliphatic hydroxyl groups excluding tert-OH is 1. The number of anilines is 1. The summed E-state index contributed by atoms with van der Waals surface area (Å²) >= 11 is 0. The van der Waals surface area contributed by atoms with Gasteiger partial charge in [0.25, 0.3) is 0 Å². The van der Waals surface area contributed by atoms with Crippen LogP contribution < -0.4 is 4.90 Å². The van der Waals surface area contributed by atoms with Crippen LogP contribution in [-0.2, 0) is 4.74 Å². The monoisotopic (exact) mass is 264 g/mol. The summed E-state index contributed by atoms with van der Waals surface area (Å²) in [4.78, 5) is 6.72. The third kappa shape index (κ3) is 3.91. The van der Waals surface area contributed by atoms with E-state index in [1.807, 2.05) is 12.1 Å². The number of aromatic nitrogens is 1. The summed E-state index contributed by atoms with van der Waals surface area (Å²) in [6.07, 6.45) is 4.99. The van der Waals surface area contributed by atoms with Crippen molar-refractivity contribution in [1.82, 2.24) is 4.98 Å². The van der Waals surface area contributed by atoms with Crippen LogP contribution in [-0.4, -0.2) is 35.9 Å². The van der Waals surface area contributed by atoms with Crippen LogP contribution in [0.2, 0.25) is 0 Å². The molecule has 1 aromatic rings. The zero-order chi connectivity index (χ0) is 13.7. The van der Waals surface area contributed by atoms with Crippen LogP contribution in [0, 0.1) is 0 Å². The zero-order valence-corrected chi connectivity index (χ0v) is 11.9. The molecule has 2 heterocycles. The maximum absolute atomic E-state index is 9.49. The molecule has 1 fully saturated rings. The number of hydrogen-bond acceptors (Lipinski definition) is 4. The summed E-state index contributed by atoms with van der Waals surface area (Å²) in [6.45, 7) is 6.68. The molecular weight excluding hydrogens is 240 g/mol. The number of pyridine rings is 1. The molecule has 106 valence electrons. The van der Waals surface area contributed by atoms with Crippen molar-refractivity contribution in [1.29, 1.82) is 0 Å². The van der Waals surface area contributed by atoms with Crippen molar-refractivity contribution >= 4 is 5.82 Å². The molecule has 0 bridgehead atoms. The van der Waals surface area contributed by atoms with Gasteiger partial charge in [0.1, 0.15) is 5.82 Å². The van der Waals surface area contributed by atoms with Gasteiger partial charge >= 0.3 is 0 Å². The number of ether oxygens (including phenoxy) is 1. The van der Waals surface area contributed by atoms with E-state index in [1.54, 1.807) is 13.1 Å². The lowest BCUT2D eigenvalue weighted by molar-refractivity contribution is 0.0439. The number of rotatable bonds is 5. The molecule has 0 saturated carbocycles. The van der Waals surface area contributed by atoms with E-state index >= 15 is 0 Å². The lowest BCUT2D eigenvalue weighted by atomic mass is 10.1. The summed E-state index contributed by atoms with van der Waals surface area (Å²) in [7, 11) is 0.